The van der Waals surface area contributed by atoms with Crippen molar-refractivity contribution in [2.75, 3.05) is 13.7 Å². The van der Waals surface area contributed by atoms with Gasteiger partial charge in [-0.3, -0.25) is 24.0 Å². The van der Waals surface area contributed by atoms with E-state index in [1.54, 1.807) is 38.1 Å². The number of thiocarbonyl (C=S) groups is 1. The van der Waals surface area contributed by atoms with Crippen LogP contribution in [0.15, 0.2) is 30.3 Å². The summed E-state index contributed by atoms with van der Waals surface area (Å²) in [5.41, 5.74) is -6.49. The third kappa shape index (κ3) is 13.8. The maximum absolute atomic E-state index is 13.3. The molecular weight excluding hydrogens is 682 g/mol. The summed E-state index contributed by atoms with van der Waals surface area (Å²) in [5.74, 6) is -3.99. The zero-order valence-electron chi connectivity index (χ0n) is 31.5. The molecule has 0 aliphatic carbocycles. The smallest absolute Gasteiger partial charge is 0.408 e. The van der Waals surface area contributed by atoms with E-state index in [0.29, 0.717) is 0 Å². The molecule has 0 heterocycles. The minimum Gasteiger partial charge on any atom is -0.467 e. The van der Waals surface area contributed by atoms with E-state index in [-0.39, 0.29) is 18.1 Å². The zero-order chi connectivity index (χ0) is 39.6. The number of esters is 1. The molecule has 0 aliphatic heterocycles. The fourth-order valence-electron chi connectivity index (χ4n) is 4.05. The van der Waals surface area contributed by atoms with Crippen molar-refractivity contribution < 1.29 is 43.0 Å². The normalized spacial score (nSPS) is 12.6. The van der Waals surface area contributed by atoms with Crippen LogP contribution in [-0.4, -0.2) is 94.0 Å². The monoisotopic (exact) mass is 735 g/mol. The van der Waals surface area contributed by atoms with Gasteiger partial charge < -0.3 is 46.7 Å². The molecule has 0 unspecified atom stereocenters. The number of benzene rings is 1. The summed E-state index contributed by atoms with van der Waals surface area (Å²) >= 11 is 5.22. The molecule has 1 aromatic carbocycles. The van der Waals surface area contributed by atoms with Crippen LogP contribution in [0, 0.1) is 0 Å². The molecule has 16 nitrogen and oxygen atoms in total. The molecule has 51 heavy (non-hydrogen) atoms. The van der Waals surface area contributed by atoms with Crippen molar-refractivity contribution in [2.24, 2.45) is 0 Å². The number of ether oxygens (including phenoxy) is 2. The molecule has 284 valence electrons. The molecule has 1 atom stereocenters. The first-order valence-electron chi connectivity index (χ1n) is 16.1. The van der Waals surface area contributed by atoms with Gasteiger partial charge in [-0.15, -0.1) is 0 Å². The summed E-state index contributed by atoms with van der Waals surface area (Å²) in [6.45, 7) is 15.8. The molecule has 0 saturated heterocycles. The molecule has 0 saturated carbocycles. The second kappa shape index (κ2) is 17.4. The Kier molecular flexibility index (Phi) is 15.1. The first kappa shape index (κ1) is 44.2. The van der Waals surface area contributed by atoms with Gasteiger partial charge in [0.15, 0.2) is 0 Å². The van der Waals surface area contributed by atoms with Gasteiger partial charge in [0.2, 0.25) is 29.5 Å². The fourth-order valence-corrected chi connectivity index (χ4v) is 4.38. The molecule has 17 heteroatoms. The Morgan fingerprint density at radius 3 is 1.53 bits per heavy atom. The number of methoxy groups -OCH3 is 1. The van der Waals surface area contributed by atoms with Gasteiger partial charge in [0.1, 0.15) is 40.3 Å². The lowest BCUT2D eigenvalue weighted by molar-refractivity contribution is -0.146. The second-order valence-corrected chi connectivity index (χ2v) is 15.1. The van der Waals surface area contributed by atoms with E-state index in [1.807, 2.05) is 6.07 Å². The number of alkyl carbamates (subject to hydrolysis) is 1. The minimum atomic E-state index is -1.57. The molecular formula is C34H53N7O9S. The van der Waals surface area contributed by atoms with E-state index < -0.39 is 75.3 Å². The molecule has 0 aromatic heterocycles. The second-order valence-electron chi connectivity index (χ2n) is 14.6. The van der Waals surface area contributed by atoms with Gasteiger partial charge in [-0.05, 0) is 81.7 Å². The number of carbonyl (C=O) groups is 7. The molecule has 0 radical (unpaired) electrons. The maximum atomic E-state index is 13.3. The highest BCUT2D eigenvalue weighted by Crippen LogP contribution is 2.14. The van der Waals surface area contributed by atoms with Gasteiger partial charge in [-0.25, -0.2) is 9.59 Å². The molecule has 0 aliphatic rings. The molecule has 0 bridgehead atoms. The molecule has 0 spiro atoms. The lowest BCUT2D eigenvalue weighted by Crippen LogP contribution is -2.68. The summed E-state index contributed by atoms with van der Waals surface area (Å²) in [6.07, 6.45) is -0.824. The summed E-state index contributed by atoms with van der Waals surface area (Å²) in [5, 5.41) is 18.1. The number of amides is 6. The van der Waals surface area contributed by atoms with Crippen molar-refractivity contribution in [3.8, 4) is 0 Å². The van der Waals surface area contributed by atoms with Crippen LogP contribution in [0.3, 0.4) is 0 Å². The van der Waals surface area contributed by atoms with Crippen LogP contribution in [0.2, 0.25) is 0 Å². The quantitative estimate of drug-likeness (QED) is 0.0932. The lowest BCUT2D eigenvalue weighted by atomic mass is 9.95. The van der Waals surface area contributed by atoms with Crippen LogP contribution in [0.4, 0.5) is 4.79 Å². The maximum Gasteiger partial charge on any atom is 0.408 e. The Morgan fingerprint density at radius 1 is 0.647 bits per heavy atom. The van der Waals surface area contributed by atoms with Gasteiger partial charge in [-0.1, -0.05) is 42.5 Å². The van der Waals surface area contributed by atoms with Crippen LogP contribution in [0.5, 0.6) is 0 Å². The summed E-state index contributed by atoms with van der Waals surface area (Å²) < 4.78 is 9.86. The largest absolute Gasteiger partial charge is 0.467 e. The predicted molar refractivity (Wildman–Crippen MR) is 193 cm³/mol. The van der Waals surface area contributed by atoms with Crippen molar-refractivity contribution in [3.05, 3.63) is 35.9 Å². The average molecular weight is 736 g/mol. The standard InChI is InChI=1S/C34H53N7O9S/c1-20(36-29(48)50-19-21-16-14-13-15-17-21)23(42)38-31(4,5)25(44)40-33(8,9)27(46)41-32(6,7)26(45)39-30(2,3)24(43)35-18-22(51)37-34(10,11)28(47)49-12/h13-17,20H,18-19H2,1-12H3,(H,35,43)(H,36,48)(H,37,51)(H,38,42)(H,39,45)(H,40,44)(H,41,46)/t20-/m0/s1. The van der Waals surface area contributed by atoms with Gasteiger partial charge in [-0.2, -0.15) is 0 Å². The first-order chi connectivity index (χ1) is 23.2. The number of hydrogen-bond acceptors (Lipinski definition) is 10. The lowest BCUT2D eigenvalue weighted by Gasteiger charge is -2.36. The van der Waals surface area contributed by atoms with Crippen molar-refractivity contribution in [2.45, 2.75) is 117 Å². The van der Waals surface area contributed by atoms with Crippen molar-refractivity contribution in [3.63, 3.8) is 0 Å². The fraction of sp³-hybridized carbons (Fsp3) is 0.588. The zero-order valence-corrected chi connectivity index (χ0v) is 32.3. The first-order valence-corrected chi connectivity index (χ1v) is 16.5. The van der Waals surface area contributed by atoms with Crippen LogP contribution < -0.4 is 37.2 Å². The average Bonchev–Trinajstić information content (AvgIpc) is 3.01. The highest BCUT2D eigenvalue weighted by molar-refractivity contribution is 7.80. The van der Waals surface area contributed by atoms with Gasteiger partial charge in [0, 0.05) is 0 Å². The summed E-state index contributed by atoms with van der Waals surface area (Å²) in [7, 11) is 1.24. The van der Waals surface area contributed by atoms with Crippen LogP contribution in [0.1, 0.15) is 81.7 Å². The van der Waals surface area contributed by atoms with E-state index >= 15 is 0 Å². The third-order valence-electron chi connectivity index (χ3n) is 7.48. The van der Waals surface area contributed by atoms with E-state index in [1.165, 1.54) is 69.4 Å². The van der Waals surface area contributed by atoms with Crippen LogP contribution >= 0.6 is 12.2 Å². The predicted octanol–water partition coefficient (Wildman–Crippen LogP) is 0.865. The Bertz CT molecular complexity index is 1490. The van der Waals surface area contributed by atoms with Crippen molar-refractivity contribution in [1.82, 2.24) is 37.2 Å². The van der Waals surface area contributed by atoms with Crippen LogP contribution in [-0.2, 0) is 44.8 Å². The number of nitrogens with one attached hydrogen (secondary N) is 7. The summed E-state index contributed by atoms with van der Waals surface area (Å²) in [6, 6.07) is 7.91. The molecule has 1 rings (SSSR count). The highest BCUT2D eigenvalue weighted by atomic mass is 32.1. The Hall–Kier alpha value is -4.80. The highest BCUT2D eigenvalue weighted by Gasteiger charge is 2.42. The van der Waals surface area contributed by atoms with Crippen molar-refractivity contribution >= 4 is 58.8 Å². The third-order valence-corrected chi connectivity index (χ3v) is 7.73. The van der Waals surface area contributed by atoms with Crippen LogP contribution in [0.25, 0.3) is 0 Å². The minimum absolute atomic E-state index is 0.00420. The van der Waals surface area contributed by atoms with Crippen molar-refractivity contribution in [1.29, 1.82) is 0 Å². The van der Waals surface area contributed by atoms with Gasteiger partial charge >= 0.3 is 12.1 Å². The van der Waals surface area contributed by atoms with E-state index in [9.17, 15) is 33.6 Å². The van der Waals surface area contributed by atoms with E-state index in [2.05, 4.69) is 37.2 Å². The topological polar surface area (TPSA) is 222 Å². The SMILES string of the molecule is COC(=O)C(C)(C)NC(=S)CNC(=O)C(C)(C)NC(=O)C(C)(C)NC(=O)C(C)(C)NC(=O)C(C)(C)NC(=O)[C@H](C)NC(=O)OCc1ccccc1. The number of hydrogen-bond donors (Lipinski definition) is 7. The molecule has 6 amide bonds. The van der Waals surface area contributed by atoms with E-state index in [4.69, 9.17) is 21.7 Å². The Balaban J connectivity index is 2.75. The summed E-state index contributed by atoms with van der Waals surface area (Å²) in [4.78, 5) is 89.8. The van der Waals surface area contributed by atoms with Gasteiger partial charge in [0.05, 0.1) is 18.6 Å². The molecule has 7 N–H and O–H groups in total. The Labute approximate surface area is 304 Å². The van der Waals surface area contributed by atoms with Gasteiger partial charge in [0.25, 0.3) is 0 Å². The Morgan fingerprint density at radius 2 is 1.08 bits per heavy atom. The number of rotatable bonds is 16. The number of carbonyl (C=O) groups excluding carboxylic acids is 7. The van der Waals surface area contributed by atoms with E-state index in [0.717, 1.165) is 5.56 Å². The molecule has 0 fully saturated rings. The molecule has 1 aromatic rings.